The fraction of sp³-hybridized carbons (Fsp3) is 0.111. The summed E-state index contributed by atoms with van der Waals surface area (Å²) in [4.78, 5) is 0. The van der Waals surface area contributed by atoms with Crippen LogP contribution in [-0.2, 0) is 0 Å². The Kier molecular flexibility index (Phi) is 3.27. The lowest BCUT2D eigenvalue weighted by molar-refractivity contribution is 1.78. The molecule has 0 bridgehead atoms. The van der Waals surface area contributed by atoms with E-state index in [2.05, 4.69) is 32.1 Å². The zero-order valence-corrected chi connectivity index (χ0v) is 7.72. The third-order valence-electron chi connectivity index (χ3n) is 2.19. The van der Waals surface area contributed by atoms with Gasteiger partial charge in [0, 0.05) is 0 Å². The van der Waals surface area contributed by atoms with Crippen molar-refractivity contribution >= 4 is 20.8 Å². The molecule has 12 heavy (non-hydrogen) atoms. The van der Waals surface area contributed by atoms with Crippen molar-refractivity contribution in [2.45, 2.75) is 6.82 Å². The average Bonchev–Trinajstić information content (AvgIpc) is 2.33. The molecule has 0 aromatic heterocycles. The van der Waals surface area contributed by atoms with Crippen molar-refractivity contribution in [2.24, 2.45) is 0 Å². The van der Waals surface area contributed by atoms with Gasteiger partial charge in [-0.25, -0.2) is 0 Å². The van der Waals surface area contributed by atoms with Crippen molar-refractivity contribution in [3.05, 3.63) is 48.4 Å². The van der Waals surface area contributed by atoms with Crippen LogP contribution in [0.15, 0.2) is 48.4 Å². The zero-order valence-electron chi connectivity index (χ0n) is 7.72. The molecular formula is C9H13B3. The lowest BCUT2D eigenvalue weighted by Gasteiger charge is -1.97. The van der Waals surface area contributed by atoms with Gasteiger partial charge >= 0.3 is 0 Å². The SMILES string of the molecule is C=C/C=C1/BB(C)B/C1=C/C=C. The Morgan fingerprint density at radius 3 is 1.83 bits per heavy atom. The number of rotatable bonds is 2. The first-order chi connectivity index (χ1) is 5.77. The third-order valence-corrected chi connectivity index (χ3v) is 2.19. The summed E-state index contributed by atoms with van der Waals surface area (Å²) < 4.78 is 0. The average molecular weight is 154 g/mol. The van der Waals surface area contributed by atoms with Gasteiger partial charge in [0.05, 0.1) is 6.49 Å². The fourth-order valence-corrected chi connectivity index (χ4v) is 1.72. The Labute approximate surface area is 76.7 Å². The van der Waals surface area contributed by atoms with Crippen molar-refractivity contribution in [3.8, 4) is 0 Å². The van der Waals surface area contributed by atoms with Gasteiger partial charge in [-0.05, 0) is 0 Å². The first-order valence-corrected chi connectivity index (χ1v) is 4.41. The van der Waals surface area contributed by atoms with Crippen LogP contribution in [0.1, 0.15) is 0 Å². The number of hydrogen-bond acceptors (Lipinski definition) is 0. The van der Waals surface area contributed by atoms with Crippen LogP contribution >= 0.6 is 0 Å². The summed E-state index contributed by atoms with van der Waals surface area (Å²) in [5.74, 6) is 0. The van der Waals surface area contributed by atoms with Crippen molar-refractivity contribution in [2.75, 3.05) is 0 Å². The minimum absolute atomic E-state index is 0.780. The van der Waals surface area contributed by atoms with Gasteiger partial charge in [-0.15, -0.1) is 0 Å². The second-order valence-corrected chi connectivity index (χ2v) is 3.37. The standard InChI is InChI=1S/C9H13B3/c1-4-6-8-9(7-5-2)11-12(3)10-8/h4-7,10-11H,1-2H2,3H3/b8-6+,9-7+. The van der Waals surface area contributed by atoms with E-state index >= 15 is 0 Å². The highest BCUT2D eigenvalue weighted by Gasteiger charge is 2.23. The smallest absolute Gasteiger partial charge is 0.1000 e. The maximum atomic E-state index is 3.71. The fourth-order valence-electron chi connectivity index (χ4n) is 1.72. The Morgan fingerprint density at radius 1 is 1.08 bits per heavy atom. The van der Waals surface area contributed by atoms with E-state index in [1.54, 1.807) is 0 Å². The molecule has 58 valence electrons. The Bertz CT molecular complexity index is 224. The van der Waals surface area contributed by atoms with Crippen LogP contribution in [0.25, 0.3) is 0 Å². The van der Waals surface area contributed by atoms with E-state index in [1.165, 1.54) is 25.3 Å². The van der Waals surface area contributed by atoms with Gasteiger partial charge in [0.25, 0.3) is 0 Å². The van der Waals surface area contributed by atoms with E-state index in [0.29, 0.717) is 0 Å². The van der Waals surface area contributed by atoms with E-state index in [9.17, 15) is 0 Å². The molecular weight excluding hydrogens is 141 g/mol. The van der Waals surface area contributed by atoms with Crippen LogP contribution in [0.2, 0.25) is 6.82 Å². The molecule has 0 aliphatic carbocycles. The zero-order chi connectivity index (χ0) is 8.97. The van der Waals surface area contributed by atoms with Crippen molar-refractivity contribution < 1.29 is 0 Å². The maximum Gasteiger partial charge on any atom is 0.118 e. The third kappa shape index (κ3) is 2.07. The van der Waals surface area contributed by atoms with Crippen LogP contribution in [0, 0.1) is 0 Å². The van der Waals surface area contributed by atoms with E-state index in [0.717, 1.165) is 6.49 Å². The lowest BCUT2D eigenvalue weighted by atomic mass is 9.09. The van der Waals surface area contributed by atoms with Gasteiger partial charge in [0.15, 0.2) is 0 Å². The normalized spacial score (nSPS) is 22.2. The summed E-state index contributed by atoms with van der Waals surface area (Å²) in [7, 11) is 2.37. The van der Waals surface area contributed by atoms with Crippen LogP contribution in [0.4, 0.5) is 0 Å². The molecule has 0 aromatic carbocycles. The van der Waals surface area contributed by atoms with E-state index < -0.39 is 0 Å². The molecule has 0 unspecified atom stereocenters. The monoisotopic (exact) mass is 154 g/mol. The number of allylic oxidation sites excluding steroid dienone is 6. The first-order valence-electron chi connectivity index (χ1n) is 4.41. The molecule has 1 fully saturated rings. The minimum Gasteiger partial charge on any atom is -0.1000 e. The van der Waals surface area contributed by atoms with Crippen molar-refractivity contribution in [3.63, 3.8) is 0 Å². The van der Waals surface area contributed by atoms with Gasteiger partial charge in [-0.1, -0.05) is 55.2 Å². The highest BCUT2D eigenvalue weighted by Crippen LogP contribution is 2.16. The molecule has 0 N–H and O–H groups in total. The van der Waals surface area contributed by atoms with Crippen molar-refractivity contribution in [1.29, 1.82) is 0 Å². The molecule has 3 heteroatoms. The van der Waals surface area contributed by atoms with E-state index in [1.807, 2.05) is 12.2 Å². The number of hydrogen-bond donors (Lipinski definition) is 0. The van der Waals surface area contributed by atoms with Crippen molar-refractivity contribution in [1.82, 2.24) is 0 Å². The summed E-state index contributed by atoms with van der Waals surface area (Å²) in [5.41, 5.74) is 2.86. The predicted molar refractivity (Wildman–Crippen MR) is 62.5 cm³/mol. The molecule has 0 atom stereocenters. The van der Waals surface area contributed by atoms with Gasteiger partial charge in [0.2, 0.25) is 0 Å². The molecule has 1 aliphatic heterocycles. The largest absolute Gasteiger partial charge is 0.118 e. The van der Waals surface area contributed by atoms with Gasteiger partial charge in [0.1, 0.15) is 14.3 Å². The highest BCUT2D eigenvalue weighted by atomic mass is 13.9. The Morgan fingerprint density at radius 2 is 1.50 bits per heavy atom. The van der Waals surface area contributed by atoms with E-state index in [-0.39, 0.29) is 0 Å². The Balaban J connectivity index is 2.86. The second-order valence-electron chi connectivity index (χ2n) is 3.37. The molecule has 0 radical (unpaired) electrons. The summed E-state index contributed by atoms with van der Waals surface area (Å²) in [6.45, 7) is 10.5. The summed E-state index contributed by atoms with van der Waals surface area (Å²) in [6.07, 6.45) is 7.95. The molecule has 1 rings (SSSR count). The first kappa shape index (κ1) is 9.24. The molecule has 1 heterocycles. The van der Waals surface area contributed by atoms with Crippen LogP contribution in [0.3, 0.4) is 0 Å². The second kappa shape index (κ2) is 4.25. The molecule has 1 aliphatic rings. The molecule has 0 saturated carbocycles. The molecule has 0 aromatic rings. The molecule has 0 nitrogen and oxygen atoms in total. The topological polar surface area (TPSA) is 0 Å². The summed E-state index contributed by atoms with van der Waals surface area (Å²) >= 11 is 0. The quantitative estimate of drug-likeness (QED) is 0.522. The summed E-state index contributed by atoms with van der Waals surface area (Å²) in [5, 5.41) is 0. The van der Waals surface area contributed by atoms with Crippen LogP contribution < -0.4 is 0 Å². The lowest BCUT2D eigenvalue weighted by Crippen LogP contribution is -2.17. The molecule has 0 spiro atoms. The van der Waals surface area contributed by atoms with E-state index in [4.69, 9.17) is 0 Å². The van der Waals surface area contributed by atoms with Crippen LogP contribution in [0.5, 0.6) is 0 Å². The van der Waals surface area contributed by atoms with Crippen LogP contribution in [-0.4, -0.2) is 20.8 Å². The van der Waals surface area contributed by atoms with Gasteiger partial charge in [-0.2, -0.15) is 0 Å². The van der Waals surface area contributed by atoms with Gasteiger partial charge in [-0.3, -0.25) is 0 Å². The minimum atomic E-state index is 0.780. The maximum absolute atomic E-state index is 3.71. The summed E-state index contributed by atoms with van der Waals surface area (Å²) in [6, 6.07) is 0. The molecule has 1 saturated heterocycles. The van der Waals surface area contributed by atoms with Gasteiger partial charge < -0.3 is 0 Å². The Hall–Kier alpha value is -0.845. The predicted octanol–water partition coefficient (Wildman–Crippen LogP) is 1.13. The molecule has 0 amide bonds. The highest BCUT2D eigenvalue weighted by molar-refractivity contribution is 7.46.